The number of nitrogens with zero attached hydrogens (tertiary/aromatic N) is 1. The summed E-state index contributed by atoms with van der Waals surface area (Å²) >= 11 is 11.9. The van der Waals surface area contributed by atoms with Crippen LogP contribution in [0.15, 0.2) is 48.5 Å². The van der Waals surface area contributed by atoms with Gasteiger partial charge in [0.25, 0.3) is 0 Å². The summed E-state index contributed by atoms with van der Waals surface area (Å²) in [5.41, 5.74) is 1.68. The van der Waals surface area contributed by atoms with Gasteiger partial charge in [-0.2, -0.15) is 0 Å². The minimum absolute atomic E-state index is 0.0475. The fraction of sp³-hybridized carbons (Fsp3) is 0.304. The molecule has 2 aromatic rings. The van der Waals surface area contributed by atoms with Crippen molar-refractivity contribution in [2.45, 2.75) is 25.3 Å². The van der Waals surface area contributed by atoms with Crippen LogP contribution in [-0.4, -0.2) is 43.0 Å². The van der Waals surface area contributed by atoms with Gasteiger partial charge in [0.15, 0.2) is 0 Å². The zero-order valence-electron chi connectivity index (χ0n) is 16.7. The Bertz CT molecular complexity index is 938. The zero-order valence-corrected chi connectivity index (χ0v) is 18.2. The lowest BCUT2D eigenvalue weighted by molar-refractivity contribution is -0.131. The van der Waals surface area contributed by atoms with Crippen molar-refractivity contribution in [1.82, 2.24) is 10.2 Å². The van der Waals surface area contributed by atoms with Gasteiger partial charge in [-0.25, -0.2) is 0 Å². The normalized spacial score (nSPS) is 14.7. The summed E-state index contributed by atoms with van der Waals surface area (Å²) in [5, 5.41) is 3.93. The molecule has 0 saturated carbocycles. The van der Waals surface area contributed by atoms with Crippen LogP contribution in [0.4, 0.5) is 0 Å². The number of ether oxygens (including phenoxy) is 1. The summed E-state index contributed by atoms with van der Waals surface area (Å²) in [6, 6.07) is 12.8. The molecule has 2 amide bonds. The molecular weight excluding hydrogens is 423 g/mol. The lowest BCUT2D eigenvalue weighted by atomic mass is 10.0. The number of nitrogens with one attached hydrogen (secondary N) is 1. The monoisotopic (exact) mass is 446 g/mol. The van der Waals surface area contributed by atoms with E-state index in [0.29, 0.717) is 29.6 Å². The molecule has 5 nitrogen and oxygen atoms in total. The minimum atomic E-state index is -0.167. The molecule has 0 spiro atoms. The van der Waals surface area contributed by atoms with Crippen molar-refractivity contribution < 1.29 is 14.3 Å². The van der Waals surface area contributed by atoms with Gasteiger partial charge in [0.1, 0.15) is 5.75 Å². The van der Waals surface area contributed by atoms with E-state index >= 15 is 0 Å². The van der Waals surface area contributed by atoms with Gasteiger partial charge in [-0.15, -0.1) is 0 Å². The Balaban J connectivity index is 1.46. The second-order valence-corrected chi connectivity index (χ2v) is 7.97. The molecule has 0 aliphatic carbocycles. The quantitative estimate of drug-likeness (QED) is 0.670. The van der Waals surface area contributed by atoms with Gasteiger partial charge in [0.2, 0.25) is 11.8 Å². The number of para-hydroxylation sites is 1. The molecule has 0 aromatic heterocycles. The fourth-order valence-corrected chi connectivity index (χ4v) is 3.74. The highest BCUT2D eigenvalue weighted by Crippen LogP contribution is 2.23. The Hall–Kier alpha value is -2.50. The van der Waals surface area contributed by atoms with Crippen LogP contribution >= 0.6 is 23.2 Å². The number of hydrogen-bond acceptors (Lipinski definition) is 3. The number of likely N-dealkylation sites (tertiary alicyclic amines) is 1. The number of halogens is 2. The van der Waals surface area contributed by atoms with E-state index in [0.717, 1.165) is 29.7 Å². The predicted octanol–water partition coefficient (Wildman–Crippen LogP) is 4.37. The molecule has 158 valence electrons. The molecular formula is C23H24Cl2N2O3. The Morgan fingerprint density at radius 1 is 1.13 bits per heavy atom. The molecule has 1 fully saturated rings. The molecule has 0 radical (unpaired) electrons. The Morgan fingerprint density at radius 2 is 1.87 bits per heavy atom. The van der Waals surface area contributed by atoms with Crippen LogP contribution in [0.5, 0.6) is 5.75 Å². The molecule has 1 heterocycles. The summed E-state index contributed by atoms with van der Waals surface area (Å²) in [5.74, 6) is 0.630. The number of benzene rings is 2. The Morgan fingerprint density at radius 3 is 2.57 bits per heavy atom. The molecule has 7 heteroatoms. The van der Waals surface area contributed by atoms with Crippen LogP contribution < -0.4 is 10.1 Å². The first-order valence-electron chi connectivity index (χ1n) is 9.79. The molecule has 0 atom stereocenters. The van der Waals surface area contributed by atoms with Crippen molar-refractivity contribution in [3.8, 4) is 5.75 Å². The third-order valence-corrected chi connectivity index (χ3v) is 5.84. The summed E-state index contributed by atoms with van der Waals surface area (Å²) in [6.45, 7) is 1.24. The second kappa shape index (κ2) is 10.5. The first kappa shape index (κ1) is 22.2. The van der Waals surface area contributed by atoms with Gasteiger partial charge in [-0.1, -0.05) is 47.5 Å². The molecule has 1 N–H and O–H groups in total. The molecule has 1 saturated heterocycles. The number of methoxy groups -OCH3 is 1. The number of carbonyl (C=O) groups excluding carboxylic acids is 2. The maximum atomic E-state index is 12.6. The van der Waals surface area contributed by atoms with Crippen molar-refractivity contribution in [1.29, 1.82) is 0 Å². The smallest absolute Gasteiger partial charge is 0.244 e. The lowest BCUT2D eigenvalue weighted by Crippen LogP contribution is -2.46. The van der Waals surface area contributed by atoms with Crippen LogP contribution in [0.2, 0.25) is 10.0 Å². The average molecular weight is 447 g/mol. The maximum Gasteiger partial charge on any atom is 0.244 e. The number of rotatable bonds is 6. The van der Waals surface area contributed by atoms with Crippen molar-refractivity contribution in [3.05, 3.63) is 69.7 Å². The third kappa shape index (κ3) is 6.00. The average Bonchev–Trinajstić information content (AvgIpc) is 2.75. The van der Waals surface area contributed by atoms with Gasteiger partial charge >= 0.3 is 0 Å². The number of hydrogen-bond donors (Lipinski definition) is 1. The van der Waals surface area contributed by atoms with Crippen LogP contribution in [0, 0.1) is 0 Å². The first-order chi connectivity index (χ1) is 14.5. The Labute approximate surface area is 186 Å². The zero-order chi connectivity index (χ0) is 21.5. The maximum absolute atomic E-state index is 12.6. The predicted molar refractivity (Wildman–Crippen MR) is 120 cm³/mol. The third-order valence-electron chi connectivity index (χ3n) is 5.10. The fourth-order valence-electron chi connectivity index (χ4n) is 3.43. The summed E-state index contributed by atoms with van der Waals surface area (Å²) in [6.07, 6.45) is 4.95. The topological polar surface area (TPSA) is 58.6 Å². The molecule has 30 heavy (non-hydrogen) atoms. The van der Waals surface area contributed by atoms with E-state index in [9.17, 15) is 9.59 Å². The number of piperidine rings is 1. The van der Waals surface area contributed by atoms with Crippen LogP contribution in [0.1, 0.15) is 24.0 Å². The molecule has 2 aromatic carbocycles. The van der Waals surface area contributed by atoms with Crippen molar-refractivity contribution in [2.75, 3.05) is 20.2 Å². The summed E-state index contributed by atoms with van der Waals surface area (Å²) in [7, 11) is 1.60. The highest BCUT2D eigenvalue weighted by molar-refractivity contribution is 6.42. The van der Waals surface area contributed by atoms with E-state index < -0.39 is 0 Å². The van der Waals surface area contributed by atoms with Crippen LogP contribution in [0.25, 0.3) is 6.08 Å². The molecule has 1 aliphatic rings. The highest BCUT2D eigenvalue weighted by atomic mass is 35.5. The van der Waals surface area contributed by atoms with Gasteiger partial charge < -0.3 is 15.0 Å². The van der Waals surface area contributed by atoms with Crippen molar-refractivity contribution in [2.24, 2.45) is 0 Å². The molecule has 3 rings (SSSR count). The van der Waals surface area contributed by atoms with E-state index in [2.05, 4.69) is 5.32 Å². The summed E-state index contributed by atoms with van der Waals surface area (Å²) < 4.78 is 5.32. The number of amides is 2. The standard InChI is InChI=1S/C23H24Cl2N2O3/c1-30-21-5-3-2-4-17(21)15-23(29)27-12-10-18(11-13-27)26-22(28)9-7-16-6-8-19(24)20(25)14-16/h2-9,14,18H,10-13,15H2,1H3,(H,26,28). The Kier molecular flexibility index (Phi) is 7.77. The van der Waals surface area contributed by atoms with Crippen LogP contribution in [-0.2, 0) is 16.0 Å². The second-order valence-electron chi connectivity index (χ2n) is 7.16. The lowest BCUT2D eigenvalue weighted by Gasteiger charge is -2.32. The van der Waals surface area contributed by atoms with E-state index in [-0.39, 0.29) is 17.9 Å². The molecule has 0 bridgehead atoms. The number of carbonyl (C=O) groups is 2. The largest absolute Gasteiger partial charge is 0.496 e. The summed E-state index contributed by atoms with van der Waals surface area (Å²) in [4.78, 5) is 26.7. The van der Waals surface area contributed by atoms with E-state index in [1.54, 1.807) is 31.4 Å². The van der Waals surface area contributed by atoms with E-state index in [1.165, 1.54) is 6.08 Å². The molecule has 1 aliphatic heterocycles. The van der Waals surface area contributed by atoms with Gasteiger partial charge in [0.05, 0.1) is 23.6 Å². The first-order valence-corrected chi connectivity index (χ1v) is 10.5. The van der Waals surface area contributed by atoms with Gasteiger partial charge in [0, 0.05) is 30.8 Å². The minimum Gasteiger partial charge on any atom is -0.496 e. The van der Waals surface area contributed by atoms with Gasteiger partial charge in [-0.3, -0.25) is 9.59 Å². The molecule has 0 unspecified atom stereocenters. The van der Waals surface area contributed by atoms with Crippen LogP contribution in [0.3, 0.4) is 0 Å². The van der Waals surface area contributed by atoms with E-state index in [4.69, 9.17) is 27.9 Å². The van der Waals surface area contributed by atoms with E-state index in [1.807, 2.05) is 29.2 Å². The van der Waals surface area contributed by atoms with Crippen molar-refractivity contribution >= 4 is 41.1 Å². The van der Waals surface area contributed by atoms with Gasteiger partial charge in [-0.05, 0) is 42.7 Å². The highest BCUT2D eigenvalue weighted by Gasteiger charge is 2.24. The SMILES string of the molecule is COc1ccccc1CC(=O)N1CCC(NC(=O)C=Cc2ccc(Cl)c(Cl)c2)CC1. The van der Waals surface area contributed by atoms with Crippen molar-refractivity contribution in [3.63, 3.8) is 0 Å².